The molecule has 136 valence electrons. The molecule has 0 spiro atoms. The number of anilines is 1. The number of rotatable bonds is 6. The van der Waals surface area contributed by atoms with Crippen LogP contribution in [0.2, 0.25) is 0 Å². The van der Waals surface area contributed by atoms with Gasteiger partial charge >= 0.3 is 0 Å². The summed E-state index contributed by atoms with van der Waals surface area (Å²) in [5, 5.41) is 1.11. The van der Waals surface area contributed by atoms with Crippen LogP contribution in [0.25, 0.3) is 10.9 Å². The van der Waals surface area contributed by atoms with E-state index in [1.54, 1.807) is 0 Å². The van der Waals surface area contributed by atoms with Gasteiger partial charge in [-0.15, -0.1) is 0 Å². The van der Waals surface area contributed by atoms with Crippen molar-refractivity contribution in [1.82, 2.24) is 9.88 Å². The van der Waals surface area contributed by atoms with Gasteiger partial charge < -0.3 is 9.62 Å². The van der Waals surface area contributed by atoms with Gasteiger partial charge in [0.05, 0.1) is 16.9 Å². The van der Waals surface area contributed by atoms with E-state index in [2.05, 4.69) is 27.8 Å². The van der Waals surface area contributed by atoms with Crippen molar-refractivity contribution < 1.29 is 4.79 Å². The molecule has 0 atom stereocenters. The molecule has 1 aromatic heterocycles. The lowest BCUT2D eigenvalue weighted by Gasteiger charge is -2.12. The van der Waals surface area contributed by atoms with Crippen molar-refractivity contribution in [2.75, 3.05) is 18.8 Å². The molecule has 26 heavy (non-hydrogen) atoms. The van der Waals surface area contributed by atoms with Gasteiger partial charge in [0.15, 0.2) is 0 Å². The summed E-state index contributed by atoms with van der Waals surface area (Å²) >= 11 is 1.51. The zero-order valence-corrected chi connectivity index (χ0v) is 16.5. The summed E-state index contributed by atoms with van der Waals surface area (Å²) in [4.78, 5) is 18.7. The van der Waals surface area contributed by atoms with Gasteiger partial charge in [0.25, 0.3) is 0 Å². The monoisotopic (exact) mass is 367 g/mol. The molecule has 0 aliphatic carbocycles. The Labute approximate surface area is 159 Å². The zero-order valence-electron chi connectivity index (χ0n) is 15.7. The first kappa shape index (κ1) is 19.9. The molecule has 0 aliphatic rings. The van der Waals surface area contributed by atoms with E-state index in [9.17, 15) is 4.79 Å². The van der Waals surface area contributed by atoms with E-state index in [0.29, 0.717) is 5.56 Å². The topological polar surface area (TPSA) is 45.2 Å². The average Bonchev–Trinajstić information content (AvgIpc) is 2.68. The van der Waals surface area contributed by atoms with Crippen LogP contribution in [-0.2, 0) is 6.54 Å². The van der Waals surface area contributed by atoms with Gasteiger partial charge in [-0.05, 0) is 50.3 Å². The first-order valence-electron chi connectivity index (χ1n) is 8.67. The number of nitrogens with one attached hydrogen (secondary N) is 1. The van der Waals surface area contributed by atoms with Gasteiger partial charge in [-0.2, -0.15) is 0 Å². The molecule has 3 rings (SSSR count). The predicted octanol–water partition coefficient (Wildman–Crippen LogP) is 5.25. The maximum atomic E-state index is 10.7. The lowest BCUT2D eigenvalue weighted by molar-refractivity contribution is 0.112. The second-order valence-electron chi connectivity index (χ2n) is 5.81. The highest BCUT2D eigenvalue weighted by Gasteiger charge is 2.05. The molecule has 0 fully saturated rings. The first-order chi connectivity index (χ1) is 12.7. The Kier molecular flexibility index (Phi) is 7.63. The quantitative estimate of drug-likeness (QED) is 0.476. The summed E-state index contributed by atoms with van der Waals surface area (Å²) < 4.78 is 3.37. The third-order valence-electron chi connectivity index (χ3n) is 3.55. The smallest absolute Gasteiger partial charge is 0.150 e. The molecule has 3 aromatic rings. The standard InChI is InChI=1S/C19H19N3OS.C2H6/c1-22(2)12-16-9-8-15-4-3-5-18(19(15)20-16)21-24-17-10-6-14(13-23)7-11-17;1-2/h3-11,13,21H,12H2,1-2H3;1-2H3. The van der Waals surface area contributed by atoms with Crippen LogP contribution in [0.3, 0.4) is 0 Å². The van der Waals surface area contributed by atoms with Crippen LogP contribution >= 0.6 is 11.9 Å². The molecule has 0 saturated carbocycles. The van der Waals surface area contributed by atoms with Gasteiger partial charge in [0.2, 0.25) is 0 Å². The van der Waals surface area contributed by atoms with Crippen molar-refractivity contribution in [3.63, 3.8) is 0 Å². The van der Waals surface area contributed by atoms with Crippen LogP contribution in [-0.4, -0.2) is 30.3 Å². The second-order valence-corrected chi connectivity index (χ2v) is 6.69. The van der Waals surface area contributed by atoms with E-state index in [0.717, 1.165) is 40.0 Å². The van der Waals surface area contributed by atoms with Crippen LogP contribution in [0.1, 0.15) is 29.9 Å². The molecule has 0 unspecified atom stereocenters. The van der Waals surface area contributed by atoms with Crippen molar-refractivity contribution in [3.05, 3.63) is 65.9 Å². The Balaban J connectivity index is 0.00000117. The number of carbonyl (C=O) groups is 1. The van der Waals surface area contributed by atoms with Crippen molar-refractivity contribution in [1.29, 1.82) is 0 Å². The second kappa shape index (κ2) is 9.94. The van der Waals surface area contributed by atoms with Gasteiger partial charge in [-0.25, -0.2) is 4.98 Å². The molecule has 0 bridgehead atoms. The fraction of sp³-hybridized carbons (Fsp3) is 0.238. The Morgan fingerprint density at radius 3 is 2.42 bits per heavy atom. The summed E-state index contributed by atoms with van der Waals surface area (Å²) in [6, 6.07) is 17.8. The summed E-state index contributed by atoms with van der Waals surface area (Å²) in [5.41, 5.74) is 3.67. The zero-order chi connectivity index (χ0) is 18.9. The van der Waals surface area contributed by atoms with E-state index >= 15 is 0 Å². The van der Waals surface area contributed by atoms with Crippen LogP contribution in [0.15, 0.2) is 59.5 Å². The minimum absolute atomic E-state index is 0.680. The summed E-state index contributed by atoms with van der Waals surface area (Å²) in [6.45, 7) is 4.81. The molecule has 0 aliphatic heterocycles. The van der Waals surface area contributed by atoms with Crippen molar-refractivity contribution in [2.24, 2.45) is 0 Å². The maximum absolute atomic E-state index is 10.7. The highest BCUT2D eigenvalue weighted by atomic mass is 32.2. The molecule has 1 heterocycles. The number of fused-ring (bicyclic) bond motifs is 1. The van der Waals surface area contributed by atoms with Gasteiger partial charge in [-0.1, -0.05) is 44.2 Å². The highest BCUT2D eigenvalue weighted by molar-refractivity contribution is 8.00. The van der Waals surface area contributed by atoms with E-state index in [4.69, 9.17) is 4.98 Å². The normalized spacial score (nSPS) is 10.3. The lowest BCUT2D eigenvalue weighted by atomic mass is 10.2. The number of aromatic nitrogens is 1. The van der Waals surface area contributed by atoms with Gasteiger partial charge in [-0.3, -0.25) is 4.79 Å². The Hall–Kier alpha value is -2.37. The van der Waals surface area contributed by atoms with E-state index in [-0.39, 0.29) is 0 Å². The van der Waals surface area contributed by atoms with Crippen LogP contribution in [0.4, 0.5) is 5.69 Å². The fourth-order valence-electron chi connectivity index (χ4n) is 2.41. The predicted molar refractivity (Wildman–Crippen MR) is 112 cm³/mol. The minimum atomic E-state index is 0.680. The third kappa shape index (κ3) is 5.31. The summed E-state index contributed by atoms with van der Waals surface area (Å²) in [6.07, 6.45) is 0.850. The number of hydrogen-bond acceptors (Lipinski definition) is 5. The van der Waals surface area contributed by atoms with E-state index in [1.165, 1.54) is 11.9 Å². The lowest BCUT2D eigenvalue weighted by Crippen LogP contribution is -2.11. The van der Waals surface area contributed by atoms with E-state index in [1.807, 2.05) is 64.3 Å². The number of aldehydes is 1. The van der Waals surface area contributed by atoms with Crippen LogP contribution < -0.4 is 4.72 Å². The van der Waals surface area contributed by atoms with Crippen molar-refractivity contribution >= 4 is 34.8 Å². The largest absolute Gasteiger partial charge is 0.324 e. The van der Waals surface area contributed by atoms with Crippen molar-refractivity contribution in [3.8, 4) is 0 Å². The molecular weight excluding hydrogens is 342 g/mol. The molecule has 1 N–H and O–H groups in total. The highest BCUT2D eigenvalue weighted by Crippen LogP contribution is 2.27. The summed E-state index contributed by atoms with van der Waals surface area (Å²) in [7, 11) is 4.07. The van der Waals surface area contributed by atoms with Gasteiger partial charge in [0, 0.05) is 22.4 Å². The fourth-order valence-corrected chi connectivity index (χ4v) is 3.07. The minimum Gasteiger partial charge on any atom is -0.324 e. The Bertz CT molecular complexity index is 848. The van der Waals surface area contributed by atoms with Crippen LogP contribution in [0, 0.1) is 0 Å². The number of para-hydroxylation sites is 1. The van der Waals surface area contributed by atoms with E-state index < -0.39 is 0 Å². The first-order valence-corrected chi connectivity index (χ1v) is 9.49. The maximum Gasteiger partial charge on any atom is 0.150 e. The molecule has 0 saturated heterocycles. The number of carbonyl (C=O) groups excluding carboxylic acids is 1. The molecule has 0 radical (unpaired) electrons. The van der Waals surface area contributed by atoms with Gasteiger partial charge in [0.1, 0.15) is 6.29 Å². The molecular formula is C21H25N3OS. The number of benzene rings is 2. The Morgan fingerprint density at radius 2 is 1.77 bits per heavy atom. The molecule has 5 heteroatoms. The number of hydrogen-bond donors (Lipinski definition) is 1. The Morgan fingerprint density at radius 1 is 1.04 bits per heavy atom. The molecule has 0 amide bonds. The average molecular weight is 368 g/mol. The molecule has 2 aromatic carbocycles. The number of pyridine rings is 1. The number of nitrogens with zero attached hydrogens (tertiary/aromatic N) is 2. The van der Waals surface area contributed by atoms with Crippen LogP contribution in [0.5, 0.6) is 0 Å². The molecule has 4 nitrogen and oxygen atoms in total. The van der Waals surface area contributed by atoms with Crippen molar-refractivity contribution in [2.45, 2.75) is 25.3 Å². The SMILES string of the molecule is CC.CN(C)Cc1ccc2cccc(NSc3ccc(C=O)cc3)c2n1. The summed E-state index contributed by atoms with van der Waals surface area (Å²) in [5.74, 6) is 0. The third-order valence-corrected chi connectivity index (χ3v) is 4.38.